The summed E-state index contributed by atoms with van der Waals surface area (Å²) >= 11 is 1.86. The second-order valence-electron chi connectivity index (χ2n) is 1.41. The lowest BCUT2D eigenvalue weighted by Gasteiger charge is -1.83. The van der Waals surface area contributed by atoms with Gasteiger partial charge in [0, 0.05) is 5.69 Å². The van der Waals surface area contributed by atoms with Crippen molar-refractivity contribution in [2.45, 2.75) is 5.05 Å². The Labute approximate surface area is 80.8 Å². The van der Waals surface area contributed by atoms with Gasteiger partial charge in [-0.05, 0) is 12.1 Å². The molecule has 2 N–H and O–H groups in total. The van der Waals surface area contributed by atoms with Gasteiger partial charge >= 0.3 is 21.7 Å². The standard InChI is InChI=1S/C6H7N.CH3.ClH.Mg/c7-6-4-2-1-3-5-6;;;/h1-5H,7H2;1H3;1H;/q;;;+2. The molecule has 10 heavy (non-hydrogen) atoms. The van der Waals surface area contributed by atoms with E-state index < -0.39 is 0 Å². The van der Waals surface area contributed by atoms with Crippen molar-refractivity contribution in [2.24, 2.45) is 0 Å². The summed E-state index contributed by atoms with van der Waals surface area (Å²) in [4.78, 5) is 0. The molecule has 0 spiro atoms. The van der Waals surface area contributed by atoms with Crippen LogP contribution in [0.3, 0.4) is 0 Å². The first kappa shape index (κ1) is 12.7. The predicted octanol–water partition coefficient (Wildman–Crippen LogP) is 1.89. The average molecular weight is 169 g/mol. The molecule has 0 atom stereocenters. The third-order valence-electron chi connectivity index (χ3n) is 0.800. The van der Waals surface area contributed by atoms with Crippen molar-refractivity contribution < 1.29 is 0 Å². The average Bonchev–Trinajstić information content (AvgIpc) is 1.94. The van der Waals surface area contributed by atoms with Gasteiger partial charge in [0.1, 0.15) is 0 Å². The van der Waals surface area contributed by atoms with Crippen molar-refractivity contribution in [2.75, 3.05) is 5.73 Å². The van der Waals surface area contributed by atoms with Crippen LogP contribution in [-0.2, 0) is 0 Å². The molecule has 7 radical (unpaired) electrons. The maximum Gasteiger partial charge on any atom is 1.41 e. The van der Waals surface area contributed by atoms with Crippen LogP contribution in [0.4, 0.5) is 5.69 Å². The zero-order valence-electron chi connectivity index (χ0n) is 6.08. The molecule has 0 heterocycles. The van der Waals surface area contributed by atoms with Crippen LogP contribution in [0.5, 0.6) is 0 Å². The largest absolute Gasteiger partial charge is 1.41 e. The van der Waals surface area contributed by atoms with E-state index in [1.807, 2.05) is 57.1 Å². The van der Waals surface area contributed by atoms with Crippen molar-refractivity contribution >= 4 is 39.8 Å². The summed E-state index contributed by atoms with van der Waals surface area (Å²) in [5, 5.41) is 2.03. The monoisotopic (exact) mass is 168 g/mol. The van der Waals surface area contributed by atoms with Crippen molar-refractivity contribution in [1.82, 2.24) is 0 Å². The number of benzene rings is 1. The number of hydrogen-bond acceptors (Lipinski definition) is 1. The van der Waals surface area contributed by atoms with Crippen LogP contribution in [0.1, 0.15) is 0 Å². The third kappa shape index (κ3) is 6.20. The molecule has 0 unspecified atom stereocenters. The van der Waals surface area contributed by atoms with Crippen LogP contribution in [0.15, 0.2) is 30.3 Å². The molecule has 0 aliphatic rings. The number of nitrogens with two attached hydrogens (primary N) is 1. The van der Waals surface area contributed by atoms with E-state index >= 15 is 0 Å². The van der Waals surface area contributed by atoms with Gasteiger partial charge in [0.15, 0.2) is 0 Å². The Morgan fingerprint density at radius 2 is 1.50 bits per heavy atom. The molecule has 1 aromatic rings. The summed E-state index contributed by atoms with van der Waals surface area (Å²) in [6.07, 6.45) is 0. The Morgan fingerprint density at radius 3 is 1.70 bits per heavy atom. The van der Waals surface area contributed by atoms with Crippen LogP contribution in [0.25, 0.3) is 0 Å². The molecule has 1 nitrogen and oxygen atoms in total. The number of para-hydroxylation sites is 1. The lowest BCUT2D eigenvalue weighted by atomic mass is 10.3. The highest BCUT2D eigenvalue weighted by molar-refractivity contribution is 6.05. The van der Waals surface area contributed by atoms with Crippen molar-refractivity contribution in [3.05, 3.63) is 30.3 Å². The Hall–Kier alpha value is 0.0762. The summed E-state index contributed by atoms with van der Waals surface area (Å²) in [6, 6.07) is 9.49. The van der Waals surface area contributed by atoms with Gasteiger partial charge in [-0.2, -0.15) is 0 Å². The molecule has 1 rings (SSSR count). The molecule has 0 aliphatic heterocycles. The summed E-state index contributed by atoms with van der Waals surface area (Å²) in [5.41, 5.74) is 6.18. The third-order valence-corrected chi connectivity index (χ3v) is 0.800. The van der Waals surface area contributed by atoms with Gasteiger partial charge in [-0.25, -0.2) is 0 Å². The molecule has 0 amide bonds. The second-order valence-corrected chi connectivity index (χ2v) is 1.41. The molecule has 0 saturated carbocycles. The first-order valence-electron chi connectivity index (χ1n) is 2.91. The first-order valence-corrected chi connectivity index (χ1v) is 4.32. The molecular formula is C7H11ClMgN+2. The predicted molar refractivity (Wildman–Crippen MR) is 49.7 cm³/mol. The number of halogens is 1. The molecule has 1 aromatic carbocycles. The van der Waals surface area contributed by atoms with Gasteiger partial charge in [0.05, 0.1) is 0 Å². The smallest absolute Gasteiger partial charge is 0.399 e. The Kier molecular flexibility index (Phi) is 11.6. The summed E-state index contributed by atoms with van der Waals surface area (Å²) in [7, 11) is 0. The highest BCUT2D eigenvalue weighted by atomic mass is 35.5. The molecule has 0 saturated heterocycles. The highest BCUT2D eigenvalue weighted by Crippen LogP contribution is 1.95. The second kappa shape index (κ2) is 9.08. The van der Waals surface area contributed by atoms with Crippen molar-refractivity contribution in [1.29, 1.82) is 0 Å². The first-order chi connectivity index (χ1) is 4.39. The van der Waals surface area contributed by atoms with Crippen LogP contribution in [-0.4, -0.2) is 21.7 Å². The molecule has 0 bridgehead atoms. The summed E-state index contributed by atoms with van der Waals surface area (Å²) in [6.45, 7) is 0. The molecule has 0 aliphatic carbocycles. The zero-order valence-corrected chi connectivity index (χ0v) is 8.31. The van der Waals surface area contributed by atoms with Crippen molar-refractivity contribution in [3.63, 3.8) is 0 Å². The Bertz CT molecular complexity index is 144. The van der Waals surface area contributed by atoms with Crippen molar-refractivity contribution in [3.8, 4) is 0 Å². The SMILES string of the molecule is Cl.Nc1ccccc1.[CH3][Mg+2]. The minimum absolute atomic E-state index is 0. The molecule has 0 aromatic heterocycles. The molecular weight excluding hydrogens is 158 g/mol. The van der Waals surface area contributed by atoms with Crippen LogP contribution in [0.2, 0.25) is 5.05 Å². The number of rotatable bonds is 0. The van der Waals surface area contributed by atoms with E-state index in [0.29, 0.717) is 0 Å². The fraction of sp³-hybridized carbons (Fsp3) is 0.143. The fourth-order valence-electron chi connectivity index (χ4n) is 0.453. The maximum atomic E-state index is 5.36. The minimum Gasteiger partial charge on any atom is -0.399 e. The van der Waals surface area contributed by atoms with E-state index in [1.54, 1.807) is 0 Å². The number of hydrogen-bond donors (Lipinski definition) is 1. The lowest BCUT2D eigenvalue weighted by Crippen LogP contribution is -1.79. The Balaban J connectivity index is 0. The zero-order chi connectivity index (χ0) is 7.11. The van der Waals surface area contributed by atoms with E-state index in [-0.39, 0.29) is 12.4 Å². The molecule has 51 valence electrons. The van der Waals surface area contributed by atoms with Gasteiger partial charge in [0.25, 0.3) is 5.05 Å². The van der Waals surface area contributed by atoms with E-state index in [0.717, 1.165) is 5.69 Å². The summed E-state index contributed by atoms with van der Waals surface area (Å²) in [5.74, 6) is 0. The highest BCUT2D eigenvalue weighted by Gasteiger charge is 1.99. The maximum absolute atomic E-state index is 5.36. The van der Waals surface area contributed by atoms with Gasteiger partial charge in [-0.3, -0.25) is 0 Å². The van der Waals surface area contributed by atoms with E-state index in [4.69, 9.17) is 5.73 Å². The van der Waals surface area contributed by atoms with E-state index in [1.165, 1.54) is 0 Å². The minimum atomic E-state index is 0. The molecule has 0 fully saturated rings. The lowest BCUT2D eigenvalue weighted by molar-refractivity contribution is 1.69. The quantitative estimate of drug-likeness (QED) is 0.465. The van der Waals surface area contributed by atoms with Crippen LogP contribution < -0.4 is 5.73 Å². The number of nitrogen functional groups attached to an aromatic ring is 1. The van der Waals surface area contributed by atoms with Gasteiger partial charge < -0.3 is 5.73 Å². The van der Waals surface area contributed by atoms with E-state index in [9.17, 15) is 0 Å². The Morgan fingerprint density at radius 1 is 1.10 bits per heavy atom. The van der Waals surface area contributed by atoms with Gasteiger partial charge in [0.2, 0.25) is 0 Å². The topological polar surface area (TPSA) is 26.0 Å². The van der Waals surface area contributed by atoms with E-state index in [2.05, 4.69) is 0 Å². The van der Waals surface area contributed by atoms with Gasteiger partial charge in [-0.1, -0.05) is 18.2 Å². The normalized spacial score (nSPS) is 6.60. The van der Waals surface area contributed by atoms with Crippen LogP contribution in [0, 0.1) is 0 Å². The van der Waals surface area contributed by atoms with Crippen LogP contribution >= 0.6 is 12.4 Å². The van der Waals surface area contributed by atoms with Gasteiger partial charge in [-0.15, -0.1) is 12.4 Å². The fourth-order valence-corrected chi connectivity index (χ4v) is 0.453. The molecule has 3 heteroatoms. The number of anilines is 1. The summed E-state index contributed by atoms with van der Waals surface area (Å²) < 4.78 is 0.